The van der Waals surface area contributed by atoms with Crippen molar-refractivity contribution in [1.29, 1.82) is 0 Å². The Bertz CT molecular complexity index is 1270. The molecule has 4 aromatic rings. The van der Waals surface area contributed by atoms with Gasteiger partial charge in [-0.2, -0.15) is 0 Å². The molecule has 0 aliphatic heterocycles. The first-order valence-corrected chi connectivity index (χ1v) is 12.5. The van der Waals surface area contributed by atoms with Gasteiger partial charge in [-0.15, -0.1) is 11.3 Å². The van der Waals surface area contributed by atoms with E-state index < -0.39 is 6.23 Å². The first kappa shape index (κ1) is 27.8. The summed E-state index contributed by atoms with van der Waals surface area (Å²) >= 11 is 1.40. The van der Waals surface area contributed by atoms with E-state index in [1.807, 2.05) is 43.5 Å². The number of benzene rings is 2. The van der Waals surface area contributed by atoms with Crippen molar-refractivity contribution in [2.75, 3.05) is 7.11 Å². The number of rotatable bonds is 10. The van der Waals surface area contributed by atoms with Crippen molar-refractivity contribution < 1.29 is 29.0 Å². The number of ether oxygens (including phenoxy) is 1. The van der Waals surface area contributed by atoms with Crippen molar-refractivity contribution in [2.24, 2.45) is 0 Å². The first-order chi connectivity index (χ1) is 18.0. The molecule has 8 nitrogen and oxygen atoms in total. The lowest BCUT2D eigenvalue weighted by molar-refractivity contribution is -0.107. The standard InChI is InChI=1S/C27H26N2O5S.CH4O/c1-18(2)29(26(31)20-11-9-19(10-12-20)23-8-5-15-33-23)27(32)22-6-3-4-7-24(22)34-16-21-17-35-25(28-21)13-14-30;1-2/h3-12,14-15,17-18,27,32H,13,16H2,1-2H3;2H,1H3. The van der Waals surface area contributed by atoms with Crippen LogP contribution in [-0.4, -0.2) is 45.4 Å². The lowest BCUT2D eigenvalue weighted by Gasteiger charge is -2.32. The van der Waals surface area contributed by atoms with Gasteiger partial charge in [-0.1, -0.05) is 30.3 Å². The van der Waals surface area contributed by atoms with E-state index in [0.717, 1.165) is 24.0 Å². The SMILES string of the molecule is CC(C)N(C(=O)c1ccc(-c2ccco2)cc1)C(O)c1ccccc1OCc1csc(CC=O)n1.CO. The molecule has 2 N–H and O–H groups in total. The van der Waals surface area contributed by atoms with Crippen LogP contribution in [0.25, 0.3) is 11.3 Å². The van der Waals surface area contributed by atoms with Crippen LogP contribution in [0, 0.1) is 0 Å². The fraction of sp³-hybridized carbons (Fsp3) is 0.250. The molecule has 194 valence electrons. The van der Waals surface area contributed by atoms with E-state index in [-0.39, 0.29) is 25.0 Å². The predicted molar refractivity (Wildman–Crippen MR) is 141 cm³/mol. The van der Waals surface area contributed by atoms with Crippen LogP contribution in [0.5, 0.6) is 5.75 Å². The summed E-state index contributed by atoms with van der Waals surface area (Å²) in [6.45, 7) is 3.89. The molecule has 9 heteroatoms. The number of furan rings is 1. The van der Waals surface area contributed by atoms with Crippen molar-refractivity contribution in [3.05, 3.63) is 94.1 Å². The summed E-state index contributed by atoms with van der Waals surface area (Å²) in [6, 6.07) is 17.6. The van der Waals surface area contributed by atoms with E-state index in [9.17, 15) is 14.7 Å². The number of hydrogen-bond donors (Lipinski definition) is 2. The quantitative estimate of drug-likeness (QED) is 0.226. The molecule has 1 unspecified atom stereocenters. The Balaban J connectivity index is 0.00000186. The number of aldehydes is 1. The number of para-hydroxylation sites is 1. The van der Waals surface area contributed by atoms with Crippen LogP contribution in [-0.2, 0) is 17.8 Å². The maximum Gasteiger partial charge on any atom is 0.256 e. The van der Waals surface area contributed by atoms with E-state index in [1.165, 1.54) is 16.2 Å². The molecule has 0 fully saturated rings. The van der Waals surface area contributed by atoms with Gasteiger partial charge >= 0.3 is 0 Å². The lowest BCUT2D eigenvalue weighted by atomic mass is 10.1. The molecule has 0 saturated carbocycles. The summed E-state index contributed by atoms with van der Waals surface area (Å²) in [5.74, 6) is 0.872. The molecule has 1 amide bonds. The lowest BCUT2D eigenvalue weighted by Crippen LogP contribution is -2.40. The van der Waals surface area contributed by atoms with E-state index in [2.05, 4.69) is 4.98 Å². The van der Waals surface area contributed by atoms with Crippen LogP contribution in [0.15, 0.2) is 76.7 Å². The number of aromatic nitrogens is 1. The zero-order valence-electron chi connectivity index (χ0n) is 20.9. The minimum Gasteiger partial charge on any atom is -0.487 e. The van der Waals surface area contributed by atoms with Crippen LogP contribution in [0.2, 0.25) is 0 Å². The molecule has 2 heterocycles. The summed E-state index contributed by atoms with van der Waals surface area (Å²) in [5, 5.41) is 20.9. The molecular formula is C28H30N2O6S. The van der Waals surface area contributed by atoms with Gasteiger partial charge in [0.2, 0.25) is 0 Å². The summed E-state index contributed by atoms with van der Waals surface area (Å²) in [7, 11) is 1.00. The fourth-order valence-electron chi connectivity index (χ4n) is 3.70. The second kappa shape index (κ2) is 13.5. The largest absolute Gasteiger partial charge is 0.487 e. The molecule has 4 rings (SSSR count). The molecule has 0 radical (unpaired) electrons. The molecule has 37 heavy (non-hydrogen) atoms. The van der Waals surface area contributed by atoms with Crippen LogP contribution in [0.1, 0.15) is 46.7 Å². The van der Waals surface area contributed by atoms with Crippen molar-refractivity contribution in [3.8, 4) is 17.1 Å². The Kier molecular flexibility index (Phi) is 10.1. The highest BCUT2D eigenvalue weighted by atomic mass is 32.1. The Morgan fingerprint density at radius 1 is 1.11 bits per heavy atom. The molecule has 0 bridgehead atoms. The average molecular weight is 523 g/mol. The van der Waals surface area contributed by atoms with Crippen molar-refractivity contribution in [1.82, 2.24) is 9.88 Å². The smallest absolute Gasteiger partial charge is 0.256 e. The first-order valence-electron chi connectivity index (χ1n) is 11.7. The predicted octanol–water partition coefficient (Wildman–Crippen LogP) is 4.87. The summed E-state index contributed by atoms with van der Waals surface area (Å²) in [4.78, 5) is 29.9. The van der Waals surface area contributed by atoms with Crippen LogP contribution in [0.3, 0.4) is 0 Å². The molecule has 2 aromatic carbocycles. The van der Waals surface area contributed by atoms with E-state index in [1.54, 1.807) is 42.7 Å². The van der Waals surface area contributed by atoms with E-state index >= 15 is 0 Å². The van der Waals surface area contributed by atoms with E-state index in [0.29, 0.717) is 28.3 Å². The van der Waals surface area contributed by atoms with Gasteiger partial charge in [-0.3, -0.25) is 4.79 Å². The number of carbonyl (C=O) groups excluding carboxylic acids is 2. The zero-order chi connectivity index (χ0) is 26.8. The van der Waals surface area contributed by atoms with Crippen molar-refractivity contribution in [3.63, 3.8) is 0 Å². The Morgan fingerprint density at radius 2 is 1.84 bits per heavy atom. The van der Waals surface area contributed by atoms with Crippen LogP contribution >= 0.6 is 11.3 Å². The van der Waals surface area contributed by atoms with Crippen molar-refractivity contribution >= 4 is 23.5 Å². The average Bonchev–Trinajstić information content (AvgIpc) is 3.62. The van der Waals surface area contributed by atoms with E-state index in [4.69, 9.17) is 14.3 Å². The van der Waals surface area contributed by atoms with Gasteiger partial charge in [0.05, 0.1) is 18.4 Å². The highest BCUT2D eigenvalue weighted by Gasteiger charge is 2.29. The minimum absolute atomic E-state index is 0.183. The highest BCUT2D eigenvalue weighted by Crippen LogP contribution is 2.31. The molecule has 0 saturated heterocycles. The third kappa shape index (κ3) is 6.91. The summed E-state index contributed by atoms with van der Waals surface area (Å²) in [6.07, 6.45) is 1.47. The molecule has 2 aromatic heterocycles. The maximum atomic E-state index is 13.4. The number of hydrogen-bond acceptors (Lipinski definition) is 8. The Hall–Kier alpha value is -3.79. The van der Waals surface area contributed by atoms with Gasteiger partial charge in [0, 0.05) is 35.2 Å². The van der Waals surface area contributed by atoms with Gasteiger partial charge in [-0.25, -0.2) is 4.98 Å². The van der Waals surface area contributed by atoms with Gasteiger partial charge in [0.1, 0.15) is 29.4 Å². The van der Waals surface area contributed by atoms with Gasteiger partial charge < -0.3 is 29.1 Å². The summed E-state index contributed by atoms with van der Waals surface area (Å²) in [5.41, 5.74) is 2.49. The Labute approximate surface area is 219 Å². The van der Waals surface area contributed by atoms with Crippen LogP contribution in [0.4, 0.5) is 0 Å². The molecular weight excluding hydrogens is 492 g/mol. The normalized spacial score (nSPS) is 11.4. The third-order valence-corrected chi connectivity index (χ3v) is 6.34. The molecule has 0 spiro atoms. The number of thiazole rings is 1. The molecule has 1 atom stereocenters. The summed E-state index contributed by atoms with van der Waals surface area (Å²) < 4.78 is 11.4. The van der Waals surface area contributed by atoms with Gasteiger partial charge in [0.15, 0.2) is 6.23 Å². The van der Waals surface area contributed by atoms with Crippen LogP contribution < -0.4 is 4.74 Å². The van der Waals surface area contributed by atoms with Crippen molar-refractivity contribution in [2.45, 2.75) is 39.1 Å². The number of aliphatic hydroxyl groups excluding tert-OH is 2. The molecule has 0 aliphatic carbocycles. The van der Waals surface area contributed by atoms with Gasteiger partial charge in [0.25, 0.3) is 5.91 Å². The minimum atomic E-state index is -1.22. The fourth-order valence-corrected chi connectivity index (χ4v) is 4.43. The highest BCUT2D eigenvalue weighted by molar-refractivity contribution is 7.09. The second-order valence-corrected chi connectivity index (χ2v) is 9.11. The number of aliphatic hydroxyl groups is 2. The monoisotopic (exact) mass is 522 g/mol. The third-order valence-electron chi connectivity index (χ3n) is 5.42. The Morgan fingerprint density at radius 3 is 2.49 bits per heavy atom. The molecule has 0 aliphatic rings. The maximum absolute atomic E-state index is 13.4. The topological polar surface area (TPSA) is 113 Å². The second-order valence-electron chi connectivity index (χ2n) is 8.16. The van der Waals surface area contributed by atoms with Gasteiger partial charge in [-0.05, 0) is 44.2 Å². The number of nitrogens with zero attached hydrogens (tertiary/aromatic N) is 2. The zero-order valence-corrected chi connectivity index (χ0v) is 21.7. The number of amides is 1. The number of carbonyl (C=O) groups is 2.